The van der Waals surface area contributed by atoms with Gasteiger partial charge >= 0.3 is 69.0 Å². The predicted molar refractivity (Wildman–Crippen MR) is 55.5 cm³/mol. The first kappa shape index (κ1) is 22.1. The minimum atomic E-state index is -5.77. The summed E-state index contributed by atoms with van der Waals surface area (Å²) in [5.41, 5.74) is 0. The van der Waals surface area contributed by atoms with E-state index >= 15 is 0 Å². The molecular formula is H8CaO13P4. The van der Waals surface area contributed by atoms with Crippen LogP contribution in [0.25, 0.3) is 0 Å². The van der Waals surface area contributed by atoms with Crippen molar-refractivity contribution < 1.29 is 60.6 Å². The molecule has 108 valence electrons. The van der Waals surface area contributed by atoms with Crippen molar-refractivity contribution in [3.63, 3.8) is 0 Å². The van der Waals surface area contributed by atoms with Crippen LogP contribution in [0.5, 0.6) is 0 Å². The summed E-state index contributed by atoms with van der Waals surface area (Å²) in [5, 5.41) is 0. The van der Waals surface area contributed by atoms with Gasteiger partial charge in [0.15, 0.2) is 0 Å². The van der Waals surface area contributed by atoms with E-state index in [0.29, 0.717) is 0 Å². The molecule has 0 saturated heterocycles. The van der Waals surface area contributed by atoms with Gasteiger partial charge in [-0.05, 0) is 0 Å². The molecule has 2 atom stereocenters. The van der Waals surface area contributed by atoms with Crippen molar-refractivity contribution in [1.82, 2.24) is 0 Å². The number of rotatable bonds is 6. The van der Waals surface area contributed by atoms with Gasteiger partial charge in [-0.1, -0.05) is 0 Å². The summed E-state index contributed by atoms with van der Waals surface area (Å²) >= 11 is 0. The van der Waals surface area contributed by atoms with E-state index in [1.54, 1.807) is 0 Å². The summed E-state index contributed by atoms with van der Waals surface area (Å²) in [6.45, 7) is 0. The molecule has 0 radical (unpaired) electrons. The van der Waals surface area contributed by atoms with Gasteiger partial charge in [-0.25, -0.2) is 18.3 Å². The van der Waals surface area contributed by atoms with Crippen molar-refractivity contribution in [2.75, 3.05) is 0 Å². The molecule has 0 saturated carbocycles. The Hall–Kier alpha value is 1.82. The Morgan fingerprint density at radius 2 is 0.778 bits per heavy atom. The first-order valence-electron chi connectivity index (χ1n) is 3.03. The van der Waals surface area contributed by atoms with E-state index < -0.39 is 31.3 Å². The summed E-state index contributed by atoms with van der Waals surface area (Å²) < 4.78 is 50.9. The second-order valence-electron chi connectivity index (χ2n) is 2.16. The Labute approximate surface area is 129 Å². The Balaban J connectivity index is 0. The average molecular weight is 380 g/mol. The summed E-state index contributed by atoms with van der Waals surface area (Å²) in [6.07, 6.45) is 0. The summed E-state index contributed by atoms with van der Waals surface area (Å²) in [4.78, 5) is 49.4. The molecule has 18 heavy (non-hydrogen) atoms. The first-order valence-corrected chi connectivity index (χ1v) is 9.08. The monoisotopic (exact) mass is 380 g/mol. The van der Waals surface area contributed by atoms with E-state index in [1.807, 2.05) is 0 Å². The van der Waals surface area contributed by atoms with E-state index in [0.717, 1.165) is 0 Å². The average Bonchev–Trinajstić information content (AvgIpc) is 1.65. The fraction of sp³-hybridized carbons (Fsp3) is 0. The van der Waals surface area contributed by atoms with Crippen molar-refractivity contribution in [3.05, 3.63) is 0 Å². The van der Waals surface area contributed by atoms with E-state index in [9.17, 15) is 18.3 Å². The zero-order valence-corrected chi connectivity index (χ0v) is 10.9. The van der Waals surface area contributed by atoms with Gasteiger partial charge in [0.25, 0.3) is 0 Å². The third-order valence-corrected chi connectivity index (χ3v) is 5.63. The van der Waals surface area contributed by atoms with Crippen molar-refractivity contribution in [2.24, 2.45) is 0 Å². The van der Waals surface area contributed by atoms with Gasteiger partial charge in [0, 0.05) is 0 Å². The maximum atomic E-state index is 10.7. The Morgan fingerprint density at radius 1 is 0.556 bits per heavy atom. The quantitative estimate of drug-likeness (QED) is 0.229. The van der Waals surface area contributed by atoms with Crippen LogP contribution in [0.4, 0.5) is 0 Å². The number of hydrogen-bond acceptors (Lipinski definition) is 7. The maximum absolute atomic E-state index is 10.7. The number of hydrogen-bond donors (Lipinski definition) is 6. The van der Waals surface area contributed by atoms with Crippen LogP contribution in [0.2, 0.25) is 0 Å². The van der Waals surface area contributed by atoms with Crippen molar-refractivity contribution >= 4 is 69.0 Å². The zero-order chi connectivity index (χ0) is 14.1. The molecule has 0 aromatic heterocycles. The first-order chi connectivity index (χ1) is 7.12. The van der Waals surface area contributed by atoms with Crippen LogP contribution < -0.4 is 0 Å². The fourth-order valence-corrected chi connectivity index (χ4v) is 4.40. The summed E-state index contributed by atoms with van der Waals surface area (Å²) in [5.74, 6) is 0. The van der Waals surface area contributed by atoms with Gasteiger partial charge in [0.05, 0.1) is 0 Å². The molecule has 0 rings (SSSR count). The molecule has 0 aromatic carbocycles. The van der Waals surface area contributed by atoms with Crippen molar-refractivity contribution in [3.8, 4) is 0 Å². The molecule has 0 bridgehead atoms. The molecule has 0 aliphatic heterocycles. The van der Waals surface area contributed by atoms with Crippen molar-refractivity contribution in [1.29, 1.82) is 0 Å². The van der Waals surface area contributed by atoms with Gasteiger partial charge in [0.1, 0.15) is 0 Å². The topological polar surface area (TPSA) is 217 Å². The summed E-state index contributed by atoms with van der Waals surface area (Å²) in [7, 11) is -22.6. The SMILES string of the molecule is O=P(O)(O)OP(=O)(O)OP(=O)(O)OP(=O)(O)O.[CaH2]. The molecule has 0 fully saturated rings. The molecule has 2 unspecified atom stereocenters. The zero-order valence-electron chi connectivity index (χ0n) is 7.33. The van der Waals surface area contributed by atoms with E-state index in [4.69, 9.17) is 29.4 Å². The van der Waals surface area contributed by atoms with E-state index in [1.165, 1.54) is 0 Å². The number of phosphoric acid groups is 4. The van der Waals surface area contributed by atoms with Crippen LogP contribution in [-0.2, 0) is 31.2 Å². The van der Waals surface area contributed by atoms with Crippen LogP contribution in [0.1, 0.15) is 0 Å². The van der Waals surface area contributed by atoms with Gasteiger partial charge in [-0.15, -0.1) is 0 Å². The molecule has 0 aliphatic carbocycles. The van der Waals surface area contributed by atoms with E-state index in [-0.39, 0.29) is 37.7 Å². The normalized spacial score (nSPS) is 19.4. The van der Waals surface area contributed by atoms with Crippen LogP contribution in [0, 0.1) is 0 Å². The van der Waals surface area contributed by atoms with Crippen LogP contribution in [0.3, 0.4) is 0 Å². The second kappa shape index (κ2) is 7.20. The fourth-order valence-electron chi connectivity index (χ4n) is 0.429. The minimum absolute atomic E-state index is 0. The third-order valence-electron chi connectivity index (χ3n) is 0.625. The Morgan fingerprint density at radius 3 is 0.944 bits per heavy atom. The van der Waals surface area contributed by atoms with Gasteiger partial charge in [0.2, 0.25) is 0 Å². The second-order valence-corrected chi connectivity index (χ2v) is 7.96. The predicted octanol–water partition coefficient (Wildman–Crippen LogP) is -1.49. The molecule has 0 aliphatic rings. The molecule has 0 amide bonds. The molecule has 13 nitrogen and oxygen atoms in total. The van der Waals surface area contributed by atoms with Gasteiger partial charge in [-0.3, -0.25) is 0 Å². The Bertz CT molecular complexity index is 408. The molecule has 0 aromatic rings. The molecule has 6 N–H and O–H groups in total. The molecule has 0 spiro atoms. The van der Waals surface area contributed by atoms with Crippen molar-refractivity contribution in [2.45, 2.75) is 0 Å². The molecular weight excluding hydrogens is 372 g/mol. The third kappa shape index (κ3) is 12.8. The standard InChI is InChI=1S/Ca.H6O13P4.2H/c;1-14(2,3)11-16(7,8)13-17(9,10)12-15(4,5)6;;/h;(H,7,8)(H,9,10)(H2,1,2,3)(H2,4,5,6);;. The molecule has 0 heterocycles. The van der Waals surface area contributed by atoms with Gasteiger partial charge in [-0.2, -0.15) is 12.9 Å². The van der Waals surface area contributed by atoms with Gasteiger partial charge < -0.3 is 29.4 Å². The van der Waals surface area contributed by atoms with Crippen LogP contribution in [0.15, 0.2) is 0 Å². The van der Waals surface area contributed by atoms with Crippen LogP contribution in [-0.4, -0.2) is 67.1 Å². The molecule has 18 heteroatoms. The van der Waals surface area contributed by atoms with Crippen LogP contribution >= 0.6 is 31.3 Å². The van der Waals surface area contributed by atoms with E-state index in [2.05, 4.69) is 12.9 Å². The Kier molecular flexibility index (Phi) is 8.84. The summed E-state index contributed by atoms with van der Waals surface area (Å²) in [6, 6.07) is 0.